The lowest BCUT2D eigenvalue weighted by atomic mass is 9.92. The molecule has 0 amide bonds. The SMILES string of the molecule is COC(=O)C(C(C)=O)C1OC(=O)c2ccccc21. The van der Waals surface area contributed by atoms with Gasteiger partial charge in [-0.1, -0.05) is 18.2 Å². The summed E-state index contributed by atoms with van der Waals surface area (Å²) in [5.41, 5.74) is 0.936. The number of ketones is 1. The fourth-order valence-corrected chi connectivity index (χ4v) is 2.05. The maximum Gasteiger partial charge on any atom is 0.339 e. The molecule has 0 saturated carbocycles. The van der Waals surface area contributed by atoms with Gasteiger partial charge in [0.1, 0.15) is 11.9 Å². The van der Waals surface area contributed by atoms with E-state index in [1.54, 1.807) is 24.3 Å². The second kappa shape index (κ2) is 4.60. The van der Waals surface area contributed by atoms with Crippen molar-refractivity contribution in [2.45, 2.75) is 13.0 Å². The number of ether oxygens (including phenoxy) is 2. The number of hydrogen-bond acceptors (Lipinski definition) is 5. The molecule has 5 nitrogen and oxygen atoms in total. The molecule has 0 bridgehead atoms. The highest BCUT2D eigenvalue weighted by atomic mass is 16.6. The van der Waals surface area contributed by atoms with Crippen LogP contribution in [0.25, 0.3) is 0 Å². The van der Waals surface area contributed by atoms with Crippen molar-refractivity contribution < 1.29 is 23.9 Å². The predicted molar refractivity (Wildman–Crippen MR) is 60.8 cm³/mol. The van der Waals surface area contributed by atoms with Crippen molar-refractivity contribution in [3.05, 3.63) is 35.4 Å². The quantitative estimate of drug-likeness (QED) is 0.595. The van der Waals surface area contributed by atoms with Gasteiger partial charge in [-0.15, -0.1) is 0 Å². The summed E-state index contributed by atoms with van der Waals surface area (Å²) in [6.07, 6.45) is -0.890. The van der Waals surface area contributed by atoms with E-state index < -0.39 is 29.7 Å². The van der Waals surface area contributed by atoms with E-state index in [1.807, 2.05) is 0 Å². The maximum absolute atomic E-state index is 11.6. The summed E-state index contributed by atoms with van der Waals surface area (Å²) in [5.74, 6) is -2.72. The van der Waals surface area contributed by atoms with Gasteiger partial charge in [-0.2, -0.15) is 0 Å². The van der Waals surface area contributed by atoms with Gasteiger partial charge in [0.25, 0.3) is 0 Å². The molecule has 2 unspecified atom stereocenters. The van der Waals surface area contributed by atoms with Crippen LogP contribution in [-0.2, 0) is 19.1 Å². The summed E-state index contributed by atoms with van der Waals surface area (Å²) in [4.78, 5) is 34.8. The Hall–Kier alpha value is -2.17. The van der Waals surface area contributed by atoms with Crippen LogP contribution in [0, 0.1) is 5.92 Å². The molecule has 0 radical (unpaired) electrons. The highest BCUT2D eigenvalue weighted by Crippen LogP contribution is 2.36. The molecular weight excluding hydrogens is 236 g/mol. The van der Waals surface area contributed by atoms with Crippen molar-refractivity contribution in [3.63, 3.8) is 0 Å². The largest absolute Gasteiger partial charge is 0.468 e. The molecule has 2 rings (SSSR count). The maximum atomic E-state index is 11.6. The third-order valence-electron chi connectivity index (χ3n) is 2.92. The first kappa shape index (κ1) is 12.3. The number of hydrogen-bond donors (Lipinski definition) is 0. The third kappa shape index (κ3) is 1.88. The Balaban J connectivity index is 2.43. The van der Waals surface area contributed by atoms with Gasteiger partial charge in [-0.25, -0.2) is 4.79 Å². The molecule has 0 aromatic heterocycles. The molecule has 0 aliphatic carbocycles. The van der Waals surface area contributed by atoms with E-state index in [4.69, 9.17) is 4.74 Å². The van der Waals surface area contributed by atoms with Gasteiger partial charge in [0.05, 0.1) is 12.7 Å². The summed E-state index contributed by atoms with van der Waals surface area (Å²) in [5, 5.41) is 0. The lowest BCUT2D eigenvalue weighted by Gasteiger charge is -2.18. The first-order chi connectivity index (χ1) is 8.56. The van der Waals surface area contributed by atoms with Crippen LogP contribution < -0.4 is 0 Å². The monoisotopic (exact) mass is 248 g/mol. The minimum absolute atomic E-state index is 0.387. The zero-order valence-corrected chi connectivity index (χ0v) is 10.0. The van der Waals surface area contributed by atoms with Gasteiger partial charge in [-0.05, 0) is 13.0 Å². The lowest BCUT2D eigenvalue weighted by molar-refractivity contribution is -0.153. The number of cyclic esters (lactones) is 1. The number of methoxy groups -OCH3 is 1. The fraction of sp³-hybridized carbons (Fsp3) is 0.308. The minimum atomic E-state index is -1.11. The average Bonchev–Trinajstić information content (AvgIpc) is 2.67. The average molecular weight is 248 g/mol. The van der Waals surface area contributed by atoms with Gasteiger partial charge in [-0.3, -0.25) is 9.59 Å². The fourth-order valence-electron chi connectivity index (χ4n) is 2.05. The van der Waals surface area contributed by atoms with Crippen LogP contribution in [0.5, 0.6) is 0 Å². The summed E-state index contributed by atoms with van der Waals surface area (Å²) < 4.78 is 9.70. The highest BCUT2D eigenvalue weighted by molar-refractivity contribution is 6.01. The Morgan fingerprint density at radius 1 is 1.33 bits per heavy atom. The van der Waals surface area contributed by atoms with Crippen LogP contribution in [-0.4, -0.2) is 24.8 Å². The van der Waals surface area contributed by atoms with E-state index in [9.17, 15) is 14.4 Å². The number of carbonyl (C=O) groups is 3. The topological polar surface area (TPSA) is 69.7 Å². The summed E-state index contributed by atoms with van der Waals surface area (Å²) in [6, 6.07) is 6.70. The lowest BCUT2D eigenvalue weighted by Crippen LogP contribution is -2.29. The van der Waals surface area contributed by atoms with Gasteiger partial charge < -0.3 is 9.47 Å². The second-order valence-electron chi connectivity index (χ2n) is 4.02. The van der Waals surface area contributed by atoms with Gasteiger partial charge in [0, 0.05) is 5.56 Å². The van der Waals surface area contributed by atoms with E-state index >= 15 is 0 Å². The van der Waals surface area contributed by atoms with E-state index in [0.29, 0.717) is 11.1 Å². The molecule has 0 saturated heterocycles. The number of carbonyl (C=O) groups excluding carboxylic acids is 3. The standard InChI is InChI=1S/C13H12O5/c1-7(14)10(13(16)17-2)11-8-5-3-4-6-9(8)12(15)18-11/h3-6,10-11H,1-2H3. The normalized spacial score (nSPS) is 18.8. The Morgan fingerprint density at radius 3 is 2.61 bits per heavy atom. The number of Topliss-reactive ketones (excluding diaryl/α,β-unsaturated/α-hetero) is 1. The molecular formula is C13H12O5. The molecule has 94 valence electrons. The molecule has 0 spiro atoms. The van der Waals surface area contributed by atoms with Gasteiger partial charge in [0.15, 0.2) is 5.92 Å². The number of rotatable bonds is 3. The van der Waals surface area contributed by atoms with Crippen LogP contribution in [0.2, 0.25) is 0 Å². The predicted octanol–water partition coefficient (Wildman–Crippen LogP) is 1.28. The summed E-state index contributed by atoms with van der Waals surface area (Å²) >= 11 is 0. The van der Waals surface area contributed by atoms with Crippen LogP contribution in [0.4, 0.5) is 0 Å². The van der Waals surface area contributed by atoms with Crippen LogP contribution in [0.1, 0.15) is 28.9 Å². The molecule has 1 aromatic carbocycles. The number of fused-ring (bicyclic) bond motifs is 1. The third-order valence-corrected chi connectivity index (χ3v) is 2.92. The first-order valence-corrected chi connectivity index (χ1v) is 5.44. The van der Waals surface area contributed by atoms with Crippen molar-refractivity contribution in [3.8, 4) is 0 Å². The van der Waals surface area contributed by atoms with Crippen molar-refractivity contribution in [1.29, 1.82) is 0 Å². The van der Waals surface area contributed by atoms with Crippen LogP contribution >= 0.6 is 0 Å². The molecule has 2 atom stereocenters. The van der Waals surface area contributed by atoms with Crippen molar-refractivity contribution in [1.82, 2.24) is 0 Å². The van der Waals surface area contributed by atoms with Crippen LogP contribution in [0.3, 0.4) is 0 Å². The van der Waals surface area contributed by atoms with Gasteiger partial charge >= 0.3 is 11.9 Å². The summed E-state index contributed by atoms with van der Waals surface area (Å²) in [6.45, 7) is 1.27. The smallest absolute Gasteiger partial charge is 0.339 e. The zero-order chi connectivity index (χ0) is 13.3. The molecule has 18 heavy (non-hydrogen) atoms. The minimum Gasteiger partial charge on any atom is -0.468 e. The highest BCUT2D eigenvalue weighted by Gasteiger charge is 2.43. The van der Waals surface area contributed by atoms with Crippen molar-refractivity contribution in [2.75, 3.05) is 7.11 Å². The zero-order valence-electron chi connectivity index (χ0n) is 10.0. The van der Waals surface area contributed by atoms with Gasteiger partial charge in [0.2, 0.25) is 0 Å². The molecule has 1 heterocycles. The van der Waals surface area contributed by atoms with Crippen molar-refractivity contribution >= 4 is 17.7 Å². The molecule has 0 fully saturated rings. The van der Waals surface area contributed by atoms with E-state index in [-0.39, 0.29) is 0 Å². The Labute approximate surface area is 104 Å². The number of benzene rings is 1. The van der Waals surface area contributed by atoms with E-state index in [0.717, 1.165) is 0 Å². The van der Waals surface area contributed by atoms with Crippen LogP contribution in [0.15, 0.2) is 24.3 Å². The van der Waals surface area contributed by atoms with E-state index in [2.05, 4.69) is 4.74 Å². The number of esters is 2. The van der Waals surface area contributed by atoms with E-state index in [1.165, 1.54) is 14.0 Å². The molecule has 0 N–H and O–H groups in total. The summed E-state index contributed by atoms with van der Waals surface area (Å²) in [7, 11) is 1.20. The van der Waals surface area contributed by atoms with Crippen molar-refractivity contribution in [2.24, 2.45) is 5.92 Å². The Morgan fingerprint density at radius 2 is 2.00 bits per heavy atom. The first-order valence-electron chi connectivity index (χ1n) is 5.44. The molecule has 5 heteroatoms. The Kier molecular flexibility index (Phi) is 3.14. The molecule has 1 aliphatic heterocycles. The second-order valence-corrected chi connectivity index (χ2v) is 4.02. The molecule has 1 aromatic rings. The molecule has 1 aliphatic rings. The Bertz CT molecular complexity index is 520.